The second-order valence-corrected chi connectivity index (χ2v) is 4.18. The van der Waals surface area contributed by atoms with Gasteiger partial charge in [-0.2, -0.15) is 10.5 Å². The summed E-state index contributed by atoms with van der Waals surface area (Å²) < 4.78 is 0. The van der Waals surface area contributed by atoms with Crippen LogP contribution in [-0.4, -0.2) is 16.8 Å². The van der Waals surface area contributed by atoms with Crippen LogP contribution in [0.1, 0.15) is 0 Å². The van der Waals surface area contributed by atoms with Gasteiger partial charge in [0, 0.05) is 16.8 Å². The molecule has 0 saturated heterocycles. The topological polar surface area (TPSA) is 96.9 Å². The lowest BCUT2D eigenvalue weighted by Crippen LogP contribution is -1.97. The number of nitrogens with zero attached hydrogens (tertiary/aromatic N) is 2. The molecule has 1 aromatic rings. The number of carboxylic acids is 1. The number of allylic oxidation sites excluding steroid dienone is 1. The van der Waals surface area contributed by atoms with Gasteiger partial charge in [-0.05, 0) is 24.3 Å². The van der Waals surface area contributed by atoms with Crippen LogP contribution >= 0.6 is 11.8 Å². The minimum Gasteiger partial charge on any atom is -0.481 e. The summed E-state index contributed by atoms with van der Waals surface area (Å²) in [7, 11) is 0. The standard InChI is InChI=1S/C12H9N3O2S/c13-5-9(6-14)7-15-10-1-3-11(4-2-10)18-8-12(16)17/h1-4,7,15H,8H2,(H,16,17). The van der Waals surface area contributed by atoms with Gasteiger partial charge in [0.15, 0.2) is 0 Å². The van der Waals surface area contributed by atoms with Crippen LogP contribution in [0.5, 0.6) is 0 Å². The summed E-state index contributed by atoms with van der Waals surface area (Å²) in [6.07, 6.45) is 1.32. The van der Waals surface area contributed by atoms with E-state index in [1.807, 2.05) is 0 Å². The van der Waals surface area contributed by atoms with E-state index in [0.29, 0.717) is 0 Å². The Morgan fingerprint density at radius 1 is 1.33 bits per heavy atom. The molecule has 0 aliphatic heterocycles. The molecule has 18 heavy (non-hydrogen) atoms. The summed E-state index contributed by atoms with van der Waals surface area (Å²) in [5.74, 6) is -0.850. The Kier molecular flexibility index (Phi) is 5.30. The van der Waals surface area contributed by atoms with E-state index in [4.69, 9.17) is 15.6 Å². The zero-order chi connectivity index (χ0) is 13.4. The largest absolute Gasteiger partial charge is 0.481 e. The number of nitriles is 2. The Morgan fingerprint density at radius 3 is 2.44 bits per heavy atom. The maximum absolute atomic E-state index is 10.4. The van der Waals surface area contributed by atoms with Crippen molar-refractivity contribution in [1.82, 2.24) is 0 Å². The van der Waals surface area contributed by atoms with Gasteiger partial charge in [0.05, 0.1) is 5.75 Å². The lowest BCUT2D eigenvalue weighted by atomic mass is 10.3. The van der Waals surface area contributed by atoms with E-state index in [1.54, 1.807) is 36.4 Å². The Labute approximate surface area is 108 Å². The van der Waals surface area contributed by atoms with Crippen molar-refractivity contribution in [2.45, 2.75) is 4.90 Å². The van der Waals surface area contributed by atoms with Gasteiger partial charge in [0.25, 0.3) is 0 Å². The molecule has 90 valence electrons. The van der Waals surface area contributed by atoms with E-state index in [9.17, 15) is 4.79 Å². The molecule has 0 atom stereocenters. The van der Waals surface area contributed by atoms with E-state index in [-0.39, 0.29) is 11.3 Å². The molecule has 1 rings (SSSR count). The smallest absolute Gasteiger partial charge is 0.313 e. The van der Waals surface area contributed by atoms with Crippen LogP contribution in [0.15, 0.2) is 40.9 Å². The van der Waals surface area contributed by atoms with Crippen molar-refractivity contribution in [2.24, 2.45) is 0 Å². The molecule has 5 nitrogen and oxygen atoms in total. The molecule has 1 aromatic carbocycles. The van der Waals surface area contributed by atoms with Crippen molar-refractivity contribution in [2.75, 3.05) is 11.1 Å². The molecule has 0 saturated carbocycles. The molecule has 0 aromatic heterocycles. The number of rotatable bonds is 5. The van der Waals surface area contributed by atoms with Crippen molar-refractivity contribution in [3.63, 3.8) is 0 Å². The second kappa shape index (κ2) is 7.00. The molecule has 0 aliphatic carbocycles. The predicted molar refractivity (Wildman–Crippen MR) is 67.7 cm³/mol. The summed E-state index contributed by atoms with van der Waals surface area (Å²) in [5.41, 5.74) is 0.706. The summed E-state index contributed by atoms with van der Waals surface area (Å²) in [6.45, 7) is 0. The lowest BCUT2D eigenvalue weighted by Gasteiger charge is -2.02. The van der Waals surface area contributed by atoms with Crippen LogP contribution in [0.25, 0.3) is 0 Å². The molecular weight excluding hydrogens is 250 g/mol. The van der Waals surface area contributed by atoms with E-state index >= 15 is 0 Å². The van der Waals surface area contributed by atoms with E-state index in [2.05, 4.69) is 5.32 Å². The number of anilines is 1. The maximum Gasteiger partial charge on any atom is 0.313 e. The fourth-order valence-corrected chi connectivity index (χ4v) is 1.66. The summed E-state index contributed by atoms with van der Waals surface area (Å²) in [6, 6.07) is 10.5. The Morgan fingerprint density at radius 2 is 1.94 bits per heavy atom. The number of carbonyl (C=O) groups is 1. The fourth-order valence-electron chi connectivity index (χ4n) is 1.04. The molecule has 0 heterocycles. The summed E-state index contributed by atoms with van der Waals surface area (Å²) in [5, 5.41) is 28.4. The molecule has 2 N–H and O–H groups in total. The molecule has 0 amide bonds. The first kappa shape index (κ1) is 13.6. The van der Waals surface area contributed by atoms with Crippen molar-refractivity contribution in [3.8, 4) is 12.1 Å². The van der Waals surface area contributed by atoms with E-state index in [1.165, 1.54) is 18.0 Å². The molecular formula is C12H9N3O2S. The number of nitrogens with one attached hydrogen (secondary N) is 1. The third-order valence-corrected chi connectivity index (χ3v) is 2.84. The fraction of sp³-hybridized carbons (Fsp3) is 0.0833. The monoisotopic (exact) mass is 259 g/mol. The van der Waals surface area contributed by atoms with Crippen molar-refractivity contribution < 1.29 is 9.90 Å². The van der Waals surface area contributed by atoms with E-state index in [0.717, 1.165) is 10.6 Å². The average Bonchev–Trinajstić information content (AvgIpc) is 2.39. The van der Waals surface area contributed by atoms with Gasteiger partial charge in [-0.1, -0.05) is 0 Å². The summed E-state index contributed by atoms with van der Waals surface area (Å²) in [4.78, 5) is 11.2. The summed E-state index contributed by atoms with van der Waals surface area (Å²) >= 11 is 1.22. The Hall–Kier alpha value is -2.44. The third kappa shape index (κ3) is 4.60. The van der Waals surface area contributed by atoms with Crippen molar-refractivity contribution >= 4 is 23.4 Å². The van der Waals surface area contributed by atoms with Crippen LogP contribution in [0, 0.1) is 22.7 Å². The van der Waals surface area contributed by atoms with Gasteiger partial charge in [0.1, 0.15) is 17.7 Å². The zero-order valence-electron chi connectivity index (χ0n) is 9.25. The number of thioether (sulfide) groups is 1. The van der Waals surface area contributed by atoms with Crippen LogP contribution in [0.2, 0.25) is 0 Å². The van der Waals surface area contributed by atoms with E-state index < -0.39 is 5.97 Å². The highest BCUT2D eigenvalue weighted by Gasteiger charge is 1.99. The first-order valence-corrected chi connectivity index (χ1v) is 5.86. The molecule has 0 radical (unpaired) electrons. The lowest BCUT2D eigenvalue weighted by molar-refractivity contribution is -0.133. The first-order valence-electron chi connectivity index (χ1n) is 4.87. The van der Waals surface area contributed by atoms with Crippen LogP contribution in [-0.2, 0) is 4.79 Å². The Balaban J connectivity index is 2.61. The molecule has 6 heteroatoms. The minimum atomic E-state index is -0.863. The highest BCUT2D eigenvalue weighted by Crippen LogP contribution is 2.20. The molecule has 0 spiro atoms. The maximum atomic E-state index is 10.4. The first-order chi connectivity index (χ1) is 8.65. The van der Waals surface area contributed by atoms with Crippen molar-refractivity contribution in [1.29, 1.82) is 10.5 Å². The van der Waals surface area contributed by atoms with Gasteiger partial charge in [-0.3, -0.25) is 4.79 Å². The van der Waals surface area contributed by atoms with Crippen LogP contribution in [0.3, 0.4) is 0 Å². The van der Waals surface area contributed by atoms with Gasteiger partial charge in [-0.15, -0.1) is 11.8 Å². The van der Waals surface area contributed by atoms with Crippen molar-refractivity contribution in [3.05, 3.63) is 36.0 Å². The third-order valence-electron chi connectivity index (χ3n) is 1.84. The number of carboxylic acid groups (broad SMARTS) is 1. The molecule has 0 aliphatic rings. The minimum absolute atomic E-state index is 0.0136. The SMILES string of the molecule is N#CC(C#N)=CNc1ccc(SCC(=O)O)cc1. The van der Waals surface area contributed by atoms with Crippen LogP contribution < -0.4 is 5.32 Å². The number of hydrogen-bond donors (Lipinski definition) is 2. The highest BCUT2D eigenvalue weighted by molar-refractivity contribution is 8.00. The molecule has 0 bridgehead atoms. The normalized spacial score (nSPS) is 8.78. The molecule has 0 unspecified atom stereocenters. The van der Waals surface area contributed by atoms with Gasteiger partial charge in [0.2, 0.25) is 0 Å². The quantitative estimate of drug-likeness (QED) is 0.621. The zero-order valence-corrected chi connectivity index (χ0v) is 10.1. The average molecular weight is 259 g/mol. The van der Waals surface area contributed by atoms with Gasteiger partial charge in [-0.25, -0.2) is 0 Å². The highest BCUT2D eigenvalue weighted by atomic mass is 32.2. The predicted octanol–water partition coefficient (Wildman–Crippen LogP) is 2.21. The second-order valence-electron chi connectivity index (χ2n) is 3.13. The number of hydrogen-bond acceptors (Lipinski definition) is 5. The van der Waals surface area contributed by atoms with Crippen LogP contribution in [0.4, 0.5) is 5.69 Å². The van der Waals surface area contributed by atoms with Gasteiger partial charge < -0.3 is 10.4 Å². The Bertz CT molecular complexity index is 522. The number of aliphatic carboxylic acids is 1. The molecule has 0 fully saturated rings. The number of benzene rings is 1. The van der Waals surface area contributed by atoms with Gasteiger partial charge >= 0.3 is 5.97 Å².